The van der Waals surface area contributed by atoms with E-state index in [4.69, 9.17) is 0 Å². The first kappa shape index (κ1) is 13.5. The number of rotatable bonds is 2. The van der Waals surface area contributed by atoms with Crippen molar-refractivity contribution in [2.24, 2.45) is 7.05 Å². The van der Waals surface area contributed by atoms with Crippen LogP contribution in [0.3, 0.4) is 0 Å². The average Bonchev–Trinajstić information content (AvgIpc) is 2.29. The molecule has 0 amide bonds. The van der Waals surface area contributed by atoms with Crippen molar-refractivity contribution < 1.29 is 13.3 Å². The van der Waals surface area contributed by atoms with Gasteiger partial charge in [-0.05, 0) is 24.6 Å². The normalized spacial score (nSPS) is 10.6. The summed E-state index contributed by atoms with van der Waals surface area (Å²) in [5, 5.41) is 0. The molecule has 0 unspecified atom stereocenters. The van der Waals surface area contributed by atoms with Crippen LogP contribution in [0.1, 0.15) is 5.56 Å². The minimum atomic E-state index is -0.550. The van der Waals surface area contributed by atoms with Gasteiger partial charge < -0.3 is 4.90 Å². The van der Waals surface area contributed by atoms with Gasteiger partial charge in [0.15, 0.2) is 6.20 Å². The van der Waals surface area contributed by atoms with E-state index < -0.39 is 11.6 Å². The Morgan fingerprint density at radius 3 is 2.32 bits per heavy atom. The summed E-state index contributed by atoms with van der Waals surface area (Å²) in [6, 6.07) is 6.02. The lowest BCUT2D eigenvalue weighted by atomic mass is 10.0. The molecule has 4 heteroatoms. The van der Waals surface area contributed by atoms with Gasteiger partial charge in [-0.3, -0.25) is 0 Å². The van der Waals surface area contributed by atoms with Gasteiger partial charge in [0.1, 0.15) is 24.4 Å². The highest BCUT2D eigenvalue weighted by molar-refractivity contribution is 5.63. The Bertz CT molecular complexity index is 599. The average molecular weight is 263 g/mol. The fraction of sp³-hybridized carbons (Fsp3) is 0.267. The lowest BCUT2D eigenvalue weighted by Gasteiger charge is -2.12. The fourth-order valence-corrected chi connectivity index (χ4v) is 2.14. The lowest BCUT2D eigenvalue weighted by molar-refractivity contribution is -0.659. The first-order valence-corrected chi connectivity index (χ1v) is 6.03. The number of hydrogen-bond acceptors (Lipinski definition) is 1. The summed E-state index contributed by atoms with van der Waals surface area (Å²) in [7, 11) is 5.74. The second kappa shape index (κ2) is 4.96. The summed E-state index contributed by atoms with van der Waals surface area (Å²) >= 11 is 0. The molecule has 2 aromatic rings. The van der Waals surface area contributed by atoms with Crippen molar-refractivity contribution in [3.63, 3.8) is 0 Å². The van der Waals surface area contributed by atoms with Crippen molar-refractivity contribution in [3.8, 4) is 11.3 Å². The number of benzene rings is 1. The zero-order valence-electron chi connectivity index (χ0n) is 11.5. The minimum absolute atomic E-state index is 0.439. The van der Waals surface area contributed by atoms with Crippen LogP contribution in [-0.4, -0.2) is 14.1 Å². The highest BCUT2D eigenvalue weighted by Gasteiger charge is 2.19. The molecule has 0 aliphatic heterocycles. The molecule has 0 spiro atoms. The van der Waals surface area contributed by atoms with Crippen LogP contribution < -0.4 is 9.47 Å². The van der Waals surface area contributed by atoms with Gasteiger partial charge in [0, 0.05) is 26.2 Å². The summed E-state index contributed by atoms with van der Waals surface area (Å²) in [5.41, 5.74) is 2.77. The van der Waals surface area contributed by atoms with Crippen LogP contribution in [0.4, 0.5) is 14.5 Å². The molecule has 2 nitrogen and oxygen atoms in total. The molecule has 0 saturated heterocycles. The van der Waals surface area contributed by atoms with Crippen LogP contribution >= 0.6 is 0 Å². The van der Waals surface area contributed by atoms with E-state index in [0.717, 1.165) is 17.4 Å². The summed E-state index contributed by atoms with van der Waals surface area (Å²) in [6.07, 6.45) is 1.91. The van der Waals surface area contributed by atoms with E-state index in [-0.39, 0.29) is 0 Å². The van der Waals surface area contributed by atoms with Crippen LogP contribution in [0.5, 0.6) is 0 Å². The summed E-state index contributed by atoms with van der Waals surface area (Å²) in [5.74, 6) is -1.09. The van der Waals surface area contributed by atoms with Crippen molar-refractivity contribution in [2.75, 3.05) is 19.0 Å². The molecule has 1 aromatic heterocycles. The van der Waals surface area contributed by atoms with Crippen LogP contribution in [0, 0.1) is 18.6 Å². The van der Waals surface area contributed by atoms with Gasteiger partial charge in [-0.2, -0.15) is 4.57 Å². The van der Waals surface area contributed by atoms with Gasteiger partial charge in [0.25, 0.3) is 0 Å². The molecule has 19 heavy (non-hydrogen) atoms. The second-order valence-electron chi connectivity index (χ2n) is 4.86. The van der Waals surface area contributed by atoms with Crippen LogP contribution in [0.15, 0.2) is 30.5 Å². The molecule has 0 bridgehead atoms. The van der Waals surface area contributed by atoms with Gasteiger partial charge in [-0.1, -0.05) is 0 Å². The molecule has 100 valence electrons. The largest absolute Gasteiger partial charge is 0.373 e. The van der Waals surface area contributed by atoms with Gasteiger partial charge in [-0.15, -0.1) is 0 Å². The third-order valence-corrected chi connectivity index (χ3v) is 3.14. The Morgan fingerprint density at radius 2 is 1.79 bits per heavy atom. The summed E-state index contributed by atoms with van der Waals surface area (Å²) < 4.78 is 29.0. The first-order chi connectivity index (χ1) is 8.90. The van der Waals surface area contributed by atoms with Crippen LogP contribution in [0.2, 0.25) is 0 Å². The predicted octanol–water partition coefficient (Wildman–Crippen LogP) is 2.83. The Balaban J connectivity index is 2.60. The number of aryl methyl sites for hydroxylation is 2. The van der Waals surface area contributed by atoms with E-state index in [0.29, 0.717) is 11.1 Å². The van der Waals surface area contributed by atoms with Crippen LogP contribution in [0.25, 0.3) is 11.3 Å². The van der Waals surface area contributed by atoms with Crippen molar-refractivity contribution in [1.82, 2.24) is 0 Å². The maximum absolute atomic E-state index is 14.0. The highest BCUT2D eigenvalue weighted by Crippen LogP contribution is 2.25. The minimum Gasteiger partial charge on any atom is -0.373 e. The predicted molar refractivity (Wildman–Crippen MR) is 72.0 cm³/mol. The van der Waals surface area contributed by atoms with Crippen molar-refractivity contribution in [2.45, 2.75) is 6.92 Å². The standard InChI is InChI=1S/C15H17F2N2/c1-10-7-11(16)8-13(17)15(10)14-6-5-12(18(2)3)9-19(14)4/h5-9H,1-4H3/q+1. The van der Waals surface area contributed by atoms with E-state index in [1.54, 1.807) is 6.92 Å². The number of halogens is 2. The maximum Gasteiger partial charge on any atom is 0.215 e. The van der Waals surface area contributed by atoms with E-state index in [2.05, 4.69) is 0 Å². The summed E-state index contributed by atoms with van der Waals surface area (Å²) in [4.78, 5) is 1.97. The van der Waals surface area contributed by atoms with E-state index >= 15 is 0 Å². The molecule has 2 rings (SSSR count). The number of pyridine rings is 1. The maximum atomic E-state index is 14.0. The van der Waals surface area contributed by atoms with Crippen molar-refractivity contribution >= 4 is 5.69 Å². The van der Waals surface area contributed by atoms with Crippen LogP contribution in [-0.2, 0) is 7.05 Å². The molecular formula is C15H17F2N2+. The highest BCUT2D eigenvalue weighted by atomic mass is 19.1. The van der Waals surface area contributed by atoms with E-state index in [1.165, 1.54) is 6.07 Å². The molecule has 1 heterocycles. The lowest BCUT2D eigenvalue weighted by Crippen LogP contribution is -2.32. The fourth-order valence-electron chi connectivity index (χ4n) is 2.14. The van der Waals surface area contributed by atoms with Crippen molar-refractivity contribution in [3.05, 3.63) is 47.7 Å². The monoisotopic (exact) mass is 263 g/mol. The van der Waals surface area contributed by atoms with Gasteiger partial charge >= 0.3 is 0 Å². The zero-order valence-corrected chi connectivity index (χ0v) is 11.5. The Labute approximate surface area is 111 Å². The molecule has 0 aliphatic rings. The number of aromatic nitrogens is 1. The van der Waals surface area contributed by atoms with Gasteiger partial charge in [-0.25, -0.2) is 8.78 Å². The summed E-state index contributed by atoms with van der Waals surface area (Å²) in [6.45, 7) is 1.71. The Hall–Kier alpha value is -1.97. The third kappa shape index (κ3) is 2.57. The number of nitrogens with zero attached hydrogens (tertiary/aromatic N) is 2. The zero-order chi connectivity index (χ0) is 14.2. The topological polar surface area (TPSA) is 7.12 Å². The second-order valence-corrected chi connectivity index (χ2v) is 4.86. The molecule has 0 fully saturated rings. The van der Waals surface area contributed by atoms with E-state index in [1.807, 2.05) is 48.9 Å². The van der Waals surface area contributed by atoms with Crippen molar-refractivity contribution in [1.29, 1.82) is 0 Å². The number of hydrogen-bond donors (Lipinski definition) is 0. The number of anilines is 1. The third-order valence-electron chi connectivity index (χ3n) is 3.14. The van der Waals surface area contributed by atoms with Gasteiger partial charge in [0.2, 0.25) is 5.69 Å². The molecule has 0 radical (unpaired) electrons. The molecule has 0 aliphatic carbocycles. The Kier molecular flexibility index (Phi) is 3.51. The quantitative estimate of drug-likeness (QED) is 0.756. The molecule has 0 saturated carbocycles. The van der Waals surface area contributed by atoms with E-state index in [9.17, 15) is 8.78 Å². The molecule has 0 atom stereocenters. The molecular weight excluding hydrogens is 246 g/mol. The SMILES string of the molecule is Cc1cc(F)cc(F)c1-c1ccc(N(C)C)c[n+]1C. The first-order valence-electron chi connectivity index (χ1n) is 6.03. The Morgan fingerprint density at radius 1 is 1.11 bits per heavy atom. The van der Waals surface area contributed by atoms with Gasteiger partial charge in [0.05, 0.1) is 5.56 Å². The smallest absolute Gasteiger partial charge is 0.215 e. The molecule has 0 N–H and O–H groups in total. The molecule has 1 aromatic carbocycles.